The van der Waals surface area contributed by atoms with E-state index in [4.69, 9.17) is 4.74 Å². The lowest BCUT2D eigenvalue weighted by Gasteiger charge is -2.29. The van der Waals surface area contributed by atoms with Crippen molar-refractivity contribution in [1.82, 2.24) is 19.9 Å². The third-order valence-electron chi connectivity index (χ3n) is 5.18. The molecule has 0 atom stereocenters. The molecule has 2 aromatic heterocycles. The number of benzene rings is 1. The SMILES string of the molecule is CCn1c(=O)[nH]c2cc(C(=O)NCc3cccnc3N3CCOCC3)ccc2c1=O. The quantitative estimate of drug-likeness (QED) is 0.647. The Bertz CT molecular complexity index is 1190. The van der Waals surface area contributed by atoms with Crippen molar-refractivity contribution in [3.8, 4) is 0 Å². The van der Waals surface area contributed by atoms with E-state index in [2.05, 4.69) is 20.2 Å². The van der Waals surface area contributed by atoms with Gasteiger partial charge < -0.3 is 19.9 Å². The molecule has 1 fully saturated rings. The zero-order valence-corrected chi connectivity index (χ0v) is 16.7. The van der Waals surface area contributed by atoms with Crippen LogP contribution in [-0.2, 0) is 17.8 Å². The summed E-state index contributed by atoms with van der Waals surface area (Å²) in [6.45, 7) is 5.13. The molecule has 2 N–H and O–H groups in total. The molecule has 0 spiro atoms. The number of H-pyrrole nitrogens is 1. The number of carbonyl (C=O) groups is 1. The van der Waals surface area contributed by atoms with Crippen LogP contribution in [0.15, 0.2) is 46.1 Å². The standard InChI is InChI=1S/C21H23N5O4/c1-2-26-20(28)16-6-5-14(12-17(16)24-21(26)29)19(27)23-13-15-4-3-7-22-18(15)25-8-10-30-11-9-25/h3-7,12H,2,8-11,13H2,1H3,(H,23,27)(H,24,29). The van der Waals surface area contributed by atoms with Crippen LogP contribution in [0, 0.1) is 0 Å². The maximum atomic E-state index is 12.7. The third kappa shape index (κ3) is 3.84. The van der Waals surface area contributed by atoms with Gasteiger partial charge in [0, 0.05) is 43.5 Å². The first-order chi connectivity index (χ1) is 14.6. The molecule has 0 unspecified atom stereocenters. The largest absolute Gasteiger partial charge is 0.378 e. The van der Waals surface area contributed by atoms with E-state index in [1.165, 1.54) is 6.07 Å². The van der Waals surface area contributed by atoms with Crippen molar-refractivity contribution in [3.05, 3.63) is 68.5 Å². The topological polar surface area (TPSA) is 109 Å². The number of morpholine rings is 1. The van der Waals surface area contributed by atoms with Crippen LogP contribution >= 0.6 is 0 Å². The molecule has 30 heavy (non-hydrogen) atoms. The first kappa shape index (κ1) is 19.8. The molecule has 4 rings (SSSR count). The number of aromatic amines is 1. The van der Waals surface area contributed by atoms with Crippen molar-refractivity contribution in [2.24, 2.45) is 0 Å². The number of pyridine rings is 1. The molecule has 156 valence electrons. The first-order valence-corrected chi connectivity index (χ1v) is 9.90. The number of nitrogens with zero attached hydrogens (tertiary/aromatic N) is 3. The van der Waals surface area contributed by atoms with E-state index in [9.17, 15) is 14.4 Å². The molecule has 1 amide bonds. The summed E-state index contributed by atoms with van der Waals surface area (Å²) < 4.78 is 6.52. The summed E-state index contributed by atoms with van der Waals surface area (Å²) in [5.41, 5.74) is 0.765. The molecular weight excluding hydrogens is 386 g/mol. The Kier molecular flexibility index (Phi) is 5.62. The van der Waals surface area contributed by atoms with Gasteiger partial charge in [-0.15, -0.1) is 0 Å². The van der Waals surface area contributed by atoms with Crippen molar-refractivity contribution in [2.75, 3.05) is 31.2 Å². The summed E-state index contributed by atoms with van der Waals surface area (Å²) in [7, 11) is 0. The highest BCUT2D eigenvalue weighted by Gasteiger charge is 2.17. The minimum Gasteiger partial charge on any atom is -0.378 e. The van der Waals surface area contributed by atoms with E-state index in [0.717, 1.165) is 29.0 Å². The lowest BCUT2D eigenvalue weighted by atomic mass is 10.1. The van der Waals surface area contributed by atoms with E-state index in [0.29, 0.717) is 36.2 Å². The molecule has 1 aliphatic heterocycles. The molecule has 0 saturated carbocycles. The number of ether oxygens (including phenoxy) is 1. The molecular formula is C21H23N5O4. The summed E-state index contributed by atoms with van der Waals surface area (Å²) in [6.07, 6.45) is 1.73. The number of carbonyl (C=O) groups excluding carboxylic acids is 1. The number of hydrogen-bond donors (Lipinski definition) is 2. The molecule has 3 aromatic rings. The summed E-state index contributed by atoms with van der Waals surface area (Å²) in [5.74, 6) is 0.540. The predicted octanol–water partition coefficient (Wildman–Crippen LogP) is 0.871. The maximum absolute atomic E-state index is 12.7. The fourth-order valence-electron chi connectivity index (χ4n) is 3.59. The molecule has 0 bridgehead atoms. The van der Waals surface area contributed by atoms with Crippen LogP contribution in [0.2, 0.25) is 0 Å². The van der Waals surface area contributed by atoms with Gasteiger partial charge in [-0.25, -0.2) is 9.78 Å². The van der Waals surface area contributed by atoms with Crippen LogP contribution < -0.4 is 21.5 Å². The zero-order chi connectivity index (χ0) is 21.1. The number of amides is 1. The Labute approximate surface area is 172 Å². The highest BCUT2D eigenvalue weighted by Crippen LogP contribution is 2.18. The molecule has 9 heteroatoms. The predicted molar refractivity (Wildman–Crippen MR) is 113 cm³/mol. The van der Waals surface area contributed by atoms with Gasteiger partial charge in [-0.2, -0.15) is 0 Å². The Balaban J connectivity index is 1.54. The van der Waals surface area contributed by atoms with Gasteiger partial charge in [0.15, 0.2) is 0 Å². The van der Waals surface area contributed by atoms with E-state index >= 15 is 0 Å². The van der Waals surface area contributed by atoms with Gasteiger partial charge in [0.1, 0.15) is 5.82 Å². The van der Waals surface area contributed by atoms with Crippen LogP contribution in [0.4, 0.5) is 5.82 Å². The summed E-state index contributed by atoms with van der Waals surface area (Å²) in [6, 6.07) is 8.45. The van der Waals surface area contributed by atoms with Crippen molar-refractivity contribution in [3.63, 3.8) is 0 Å². The van der Waals surface area contributed by atoms with Crippen LogP contribution in [0.25, 0.3) is 10.9 Å². The molecule has 1 saturated heterocycles. The van der Waals surface area contributed by atoms with Gasteiger partial charge in [-0.05, 0) is 31.2 Å². The number of fused-ring (bicyclic) bond motifs is 1. The molecule has 0 aliphatic carbocycles. The number of nitrogens with one attached hydrogen (secondary N) is 2. The van der Waals surface area contributed by atoms with Crippen molar-refractivity contribution < 1.29 is 9.53 Å². The smallest absolute Gasteiger partial charge is 0.328 e. The van der Waals surface area contributed by atoms with Crippen molar-refractivity contribution in [1.29, 1.82) is 0 Å². The zero-order valence-electron chi connectivity index (χ0n) is 16.7. The van der Waals surface area contributed by atoms with E-state index in [-0.39, 0.29) is 18.0 Å². The van der Waals surface area contributed by atoms with Crippen LogP contribution in [-0.4, -0.2) is 46.7 Å². The average Bonchev–Trinajstić information content (AvgIpc) is 2.78. The number of rotatable bonds is 5. The first-order valence-electron chi connectivity index (χ1n) is 9.90. The molecule has 9 nitrogen and oxygen atoms in total. The second-order valence-electron chi connectivity index (χ2n) is 7.01. The fourth-order valence-corrected chi connectivity index (χ4v) is 3.59. The Morgan fingerprint density at radius 2 is 2.03 bits per heavy atom. The second-order valence-corrected chi connectivity index (χ2v) is 7.01. The Morgan fingerprint density at radius 3 is 2.80 bits per heavy atom. The number of anilines is 1. The lowest BCUT2D eigenvalue weighted by Crippen LogP contribution is -2.37. The van der Waals surface area contributed by atoms with Crippen molar-refractivity contribution in [2.45, 2.75) is 20.0 Å². The molecule has 1 aliphatic rings. The summed E-state index contributed by atoms with van der Waals surface area (Å²) >= 11 is 0. The second kappa shape index (κ2) is 8.50. The number of aromatic nitrogens is 3. The maximum Gasteiger partial charge on any atom is 0.328 e. The van der Waals surface area contributed by atoms with Crippen LogP contribution in [0.5, 0.6) is 0 Å². The van der Waals surface area contributed by atoms with E-state index in [1.807, 2.05) is 12.1 Å². The van der Waals surface area contributed by atoms with Crippen LogP contribution in [0.3, 0.4) is 0 Å². The molecule has 3 heterocycles. The van der Waals surface area contributed by atoms with Crippen molar-refractivity contribution >= 4 is 22.6 Å². The van der Waals surface area contributed by atoms with Gasteiger partial charge in [0.05, 0.1) is 24.1 Å². The Morgan fingerprint density at radius 1 is 1.23 bits per heavy atom. The van der Waals surface area contributed by atoms with E-state index in [1.54, 1.807) is 25.3 Å². The van der Waals surface area contributed by atoms with Gasteiger partial charge in [0.25, 0.3) is 11.5 Å². The molecule has 1 aromatic carbocycles. The normalized spacial score (nSPS) is 14.1. The fraction of sp³-hybridized carbons (Fsp3) is 0.333. The molecule has 0 radical (unpaired) electrons. The van der Waals surface area contributed by atoms with Crippen LogP contribution in [0.1, 0.15) is 22.8 Å². The lowest BCUT2D eigenvalue weighted by molar-refractivity contribution is 0.0950. The highest BCUT2D eigenvalue weighted by atomic mass is 16.5. The van der Waals surface area contributed by atoms with Gasteiger partial charge in [-0.1, -0.05) is 6.07 Å². The summed E-state index contributed by atoms with van der Waals surface area (Å²) in [4.78, 5) is 46.4. The van der Waals surface area contributed by atoms with Gasteiger partial charge in [-0.3, -0.25) is 14.2 Å². The summed E-state index contributed by atoms with van der Waals surface area (Å²) in [5, 5.41) is 3.27. The minimum absolute atomic E-state index is 0.281. The van der Waals surface area contributed by atoms with Gasteiger partial charge >= 0.3 is 5.69 Å². The average molecular weight is 409 g/mol. The third-order valence-corrected chi connectivity index (χ3v) is 5.18. The number of hydrogen-bond acceptors (Lipinski definition) is 6. The van der Waals surface area contributed by atoms with Gasteiger partial charge in [0.2, 0.25) is 0 Å². The minimum atomic E-state index is -0.488. The Hall–Kier alpha value is -3.46. The highest BCUT2D eigenvalue weighted by molar-refractivity contribution is 5.97. The van der Waals surface area contributed by atoms with E-state index < -0.39 is 5.69 Å². The monoisotopic (exact) mass is 409 g/mol.